The number of nitro benzene ring substituents is 1. The Hall–Kier alpha value is -3.92. The molecule has 0 spiro atoms. The van der Waals surface area contributed by atoms with Crippen molar-refractivity contribution in [2.75, 3.05) is 17.1 Å². The smallest absolute Gasteiger partial charge is 0.269 e. The van der Waals surface area contributed by atoms with E-state index in [2.05, 4.69) is 10.0 Å². The summed E-state index contributed by atoms with van der Waals surface area (Å²) in [5, 5.41) is 13.4. The number of hydrogen-bond acceptors (Lipinski definition) is 6. The number of nitrogens with zero attached hydrogens (tertiary/aromatic N) is 1. The van der Waals surface area contributed by atoms with Crippen molar-refractivity contribution in [3.8, 4) is 5.75 Å². The highest BCUT2D eigenvalue weighted by Crippen LogP contribution is 2.26. The van der Waals surface area contributed by atoms with Crippen LogP contribution in [-0.4, -0.2) is 26.4 Å². The molecule has 0 radical (unpaired) electrons. The van der Waals surface area contributed by atoms with Gasteiger partial charge in [-0.15, -0.1) is 0 Å². The van der Waals surface area contributed by atoms with E-state index in [1.54, 1.807) is 36.4 Å². The van der Waals surface area contributed by atoms with Gasteiger partial charge in [-0.2, -0.15) is 0 Å². The van der Waals surface area contributed by atoms with Gasteiger partial charge in [0, 0.05) is 12.1 Å². The molecule has 3 aromatic rings. The molecule has 3 rings (SSSR count). The average molecular weight is 427 g/mol. The molecule has 0 aliphatic rings. The summed E-state index contributed by atoms with van der Waals surface area (Å²) >= 11 is 0. The van der Waals surface area contributed by atoms with Crippen LogP contribution < -0.4 is 14.8 Å². The van der Waals surface area contributed by atoms with Gasteiger partial charge in [0.25, 0.3) is 21.6 Å². The SMILES string of the molecule is COc1ccccc1NC(=O)c1ccccc1NS(=O)(=O)c1ccc([N+](=O)[O-])cc1. The molecule has 0 atom stereocenters. The molecule has 9 nitrogen and oxygen atoms in total. The molecule has 0 aliphatic heterocycles. The van der Waals surface area contributed by atoms with E-state index in [-0.39, 0.29) is 21.8 Å². The summed E-state index contributed by atoms with van der Waals surface area (Å²) in [4.78, 5) is 22.7. The highest BCUT2D eigenvalue weighted by molar-refractivity contribution is 7.92. The number of methoxy groups -OCH3 is 1. The number of anilines is 2. The number of carbonyl (C=O) groups excluding carboxylic acids is 1. The predicted octanol–water partition coefficient (Wildman–Crippen LogP) is 3.66. The van der Waals surface area contributed by atoms with Gasteiger partial charge in [0.2, 0.25) is 0 Å². The molecule has 0 heterocycles. The van der Waals surface area contributed by atoms with Crippen molar-refractivity contribution in [2.24, 2.45) is 0 Å². The van der Waals surface area contributed by atoms with E-state index in [0.717, 1.165) is 24.3 Å². The minimum atomic E-state index is -4.07. The number of ether oxygens (including phenoxy) is 1. The molecule has 0 fully saturated rings. The third-order valence-corrected chi connectivity index (χ3v) is 5.51. The van der Waals surface area contributed by atoms with Gasteiger partial charge in [-0.05, 0) is 36.4 Å². The van der Waals surface area contributed by atoms with E-state index in [1.807, 2.05) is 0 Å². The molecule has 1 amide bonds. The number of benzene rings is 3. The lowest BCUT2D eigenvalue weighted by atomic mass is 10.1. The van der Waals surface area contributed by atoms with E-state index >= 15 is 0 Å². The number of para-hydroxylation sites is 3. The first kappa shape index (κ1) is 20.8. The Morgan fingerprint density at radius 1 is 0.933 bits per heavy atom. The van der Waals surface area contributed by atoms with Gasteiger partial charge in [-0.3, -0.25) is 19.6 Å². The van der Waals surface area contributed by atoms with Crippen LogP contribution in [0.15, 0.2) is 77.7 Å². The standard InChI is InChI=1S/C20H17N3O6S/c1-29-19-9-5-4-8-18(19)21-20(24)16-6-2-3-7-17(16)22-30(27,28)15-12-10-14(11-13-15)23(25)26/h2-13,22H,1H3,(H,21,24). The van der Waals surface area contributed by atoms with Gasteiger partial charge >= 0.3 is 0 Å². The topological polar surface area (TPSA) is 128 Å². The van der Waals surface area contributed by atoms with Crippen molar-refractivity contribution in [1.82, 2.24) is 0 Å². The summed E-state index contributed by atoms with van der Waals surface area (Å²) in [6.45, 7) is 0. The first-order valence-corrected chi connectivity index (χ1v) is 10.1. The van der Waals surface area contributed by atoms with Gasteiger partial charge in [0.15, 0.2) is 0 Å². The number of nitrogens with one attached hydrogen (secondary N) is 2. The summed E-state index contributed by atoms with van der Waals surface area (Å²) < 4.78 is 32.9. The lowest BCUT2D eigenvalue weighted by Gasteiger charge is -2.14. The number of sulfonamides is 1. The highest BCUT2D eigenvalue weighted by Gasteiger charge is 2.20. The second-order valence-corrected chi connectivity index (χ2v) is 7.74. The Labute approximate surface area is 172 Å². The van der Waals surface area contributed by atoms with Gasteiger partial charge < -0.3 is 10.1 Å². The molecular formula is C20H17N3O6S. The lowest BCUT2D eigenvalue weighted by Crippen LogP contribution is -2.18. The second kappa shape index (κ2) is 8.62. The van der Waals surface area contributed by atoms with E-state index in [1.165, 1.54) is 19.2 Å². The van der Waals surface area contributed by atoms with E-state index < -0.39 is 20.9 Å². The van der Waals surface area contributed by atoms with E-state index in [4.69, 9.17) is 4.74 Å². The Kier molecular flexibility index (Phi) is 5.98. The predicted molar refractivity (Wildman–Crippen MR) is 111 cm³/mol. The van der Waals surface area contributed by atoms with Crippen molar-refractivity contribution < 1.29 is 22.9 Å². The molecule has 3 aromatic carbocycles. The second-order valence-electron chi connectivity index (χ2n) is 6.06. The molecule has 0 saturated heterocycles. The minimum absolute atomic E-state index is 0.0586. The van der Waals surface area contributed by atoms with Crippen molar-refractivity contribution >= 4 is 33.0 Å². The van der Waals surface area contributed by atoms with Crippen LogP contribution in [-0.2, 0) is 10.0 Å². The van der Waals surface area contributed by atoms with Gasteiger partial charge in [-0.25, -0.2) is 8.42 Å². The van der Waals surface area contributed by atoms with Gasteiger partial charge in [-0.1, -0.05) is 24.3 Å². The first-order valence-electron chi connectivity index (χ1n) is 8.62. The minimum Gasteiger partial charge on any atom is -0.495 e. The summed E-state index contributed by atoms with van der Waals surface area (Å²) in [6, 6.07) is 17.3. The molecule has 0 saturated carbocycles. The monoisotopic (exact) mass is 427 g/mol. The van der Waals surface area contributed by atoms with E-state index in [9.17, 15) is 23.3 Å². The number of carbonyl (C=O) groups is 1. The summed E-state index contributed by atoms with van der Waals surface area (Å²) in [5.74, 6) is -0.0868. The zero-order valence-corrected chi connectivity index (χ0v) is 16.5. The number of hydrogen-bond donors (Lipinski definition) is 2. The third-order valence-electron chi connectivity index (χ3n) is 4.13. The molecule has 2 N–H and O–H groups in total. The van der Waals surface area contributed by atoms with Crippen molar-refractivity contribution in [3.05, 3.63) is 88.5 Å². The first-order chi connectivity index (χ1) is 14.3. The van der Waals surface area contributed by atoms with Crippen LogP contribution in [0, 0.1) is 10.1 Å². The maximum Gasteiger partial charge on any atom is 0.269 e. The zero-order valence-electron chi connectivity index (χ0n) is 15.7. The Balaban J connectivity index is 1.87. The van der Waals surface area contributed by atoms with Crippen LogP contribution in [0.2, 0.25) is 0 Å². The molecule has 0 unspecified atom stereocenters. The quantitative estimate of drug-likeness (QED) is 0.437. The molecule has 10 heteroatoms. The fourth-order valence-corrected chi connectivity index (χ4v) is 3.74. The van der Waals surface area contributed by atoms with Crippen molar-refractivity contribution in [2.45, 2.75) is 4.90 Å². The largest absolute Gasteiger partial charge is 0.495 e. The van der Waals surface area contributed by atoms with Crippen LogP contribution in [0.3, 0.4) is 0 Å². The van der Waals surface area contributed by atoms with Crippen molar-refractivity contribution in [3.63, 3.8) is 0 Å². The number of nitro groups is 1. The Morgan fingerprint density at radius 3 is 2.17 bits per heavy atom. The maximum absolute atomic E-state index is 12.8. The summed E-state index contributed by atoms with van der Waals surface area (Å²) in [6.07, 6.45) is 0. The fraction of sp³-hybridized carbons (Fsp3) is 0.0500. The number of rotatable bonds is 7. The third kappa shape index (κ3) is 4.55. The fourth-order valence-electron chi connectivity index (χ4n) is 2.66. The lowest BCUT2D eigenvalue weighted by molar-refractivity contribution is -0.384. The number of amides is 1. The van der Waals surface area contributed by atoms with Gasteiger partial charge in [0.05, 0.1) is 33.9 Å². The van der Waals surface area contributed by atoms with Gasteiger partial charge in [0.1, 0.15) is 5.75 Å². The molecular weight excluding hydrogens is 410 g/mol. The maximum atomic E-state index is 12.8. The average Bonchev–Trinajstić information content (AvgIpc) is 2.74. The number of non-ortho nitro benzene ring substituents is 1. The van der Waals surface area contributed by atoms with Crippen LogP contribution in [0.4, 0.5) is 17.1 Å². The summed E-state index contributed by atoms with van der Waals surface area (Å²) in [5.41, 5.74) is 0.348. The normalized spacial score (nSPS) is 10.8. The Bertz CT molecular complexity index is 1190. The Morgan fingerprint density at radius 2 is 1.53 bits per heavy atom. The molecule has 0 aromatic heterocycles. The van der Waals surface area contributed by atoms with Crippen LogP contribution in [0.1, 0.15) is 10.4 Å². The van der Waals surface area contributed by atoms with E-state index in [0.29, 0.717) is 11.4 Å². The summed E-state index contributed by atoms with van der Waals surface area (Å²) in [7, 11) is -2.61. The van der Waals surface area contributed by atoms with Crippen LogP contribution in [0.25, 0.3) is 0 Å². The molecule has 0 aliphatic carbocycles. The highest BCUT2D eigenvalue weighted by atomic mass is 32.2. The van der Waals surface area contributed by atoms with Crippen LogP contribution in [0.5, 0.6) is 5.75 Å². The molecule has 0 bridgehead atoms. The molecule has 30 heavy (non-hydrogen) atoms. The van der Waals surface area contributed by atoms with Crippen molar-refractivity contribution in [1.29, 1.82) is 0 Å². The molecule has 154 valence electrons. The van der Waals surface area contributed by atoms with Crippen LogP contribution >= 0.6 is 0 Å². The zero-order chi connectivity index (χ0) is 21.7.